The highest BCUT2D eigenvalue weighted by Gasteiger charge is 2.15. The summed E-state index contributed by atoms with van der Waals surface area (Å²) in [4.78, 5) is 15.1. The van der Waals surface area contributed by atoms with Gasteiger partial charge < -0.3 is 14.6 Å². The molecule has 1 aromatic heterocycles. The number of nitrogens with zero attached hydrogens (tertiary/aromatic N) is 1. The number of ether oxygens (including phenoxy) is 2. The Labute approximate surface area is 114 Å². The van der Waals surface area contributed by atoms with E-state index in [0.29, 0.717) is 12.4 Å². The molecule has 1 heterocycles. The molecule has 0 amide bonds. The van der Waals surface area contributed by atoms with Gasteiger partial charge in [0.25, 0.3) is 5.88 Å². The van der Waals surface area contributed by atoms with E-state index in [1.807, 2.05) is 0 Å². The summed E-state index contributed by atoms with van der Waals surface area (Å²) in [6, 6.07) is 6.56. The van der Waals surface area contributed by atoms with Crippen LogP contribution in [0.5, 0.6) is 17.4 Å². The van der Waals surface area contributed by atoms with Gasteiger partial charge in [0.15, 0.2) is 5.75 Å². The third-order valence-corrected chi connectivity index (χ3v) is 2.41. The van der Waals surface area contributed by atoms with Crippen molar-refractivity contribution in [2.45, 2.75) is 6.92 Å². The Kier molecular flexibility index (Phi) is 4.14. The van der Waals surface area contributed by atoms with Gasteiger partial charge in [0, 0.05) is 6.20 Å². The zero-order valence-corrected chi connectivity index (χ0v) is 10.7. The minimum atomic E-state index is -1.28. The molecule has 0 fully saturated rings. The van der Waals surface area contributed by atoms with Crippen LogP contribution >= 0.6 is 0 Å². The van der Waals surface area contributed by atoms with Crippen LogP contribution in [0.2, 0.25) is 0 Å². The van der Waals surface area contributed by atoms with E-state index in [2.05, 4.69) is 4.98 Å². The van der Waals surface area contributed by atoms with Crippen molar-refractivity contribution >= 4 is 5.97 Å². The van der Waals surface area contributed by atoms with Crippen LogP contribution in [0.4, 0.5) is 4.39 Å². The molecule has 1 N–H and O–H groups in total. The number of aromatic carboxylic acids is 1. The highest BCUT2D eigenvalue weighted by Crippen LogP contribution is 2.31. The van der Waals surface area contributed by atoms with E-state index in [9.17, 15) is 9.18 Å². The third kappa shape index (κ3) is 3.03. The fourth-order valence-corrected chi connectivity index (χ4v) is 1.58. The number of benzene rings is 1. The molecule has 5 nitrogen and oxygen atoms in total. The van der Waals surface area contributed by atoms with Crippen LogP contribution in [0.1, 0.15) is 17.3 Å². The Balaban J connectivity index is 2.37. The van der Waals surface area contributed by atoms with Gasteiger partial charge in [-0.25, -0.2) is 14.2 Å². The largest absolute Gasteiger partial charge is 0.488 e. The third-order valence-electron chi connectivity index (χ3n) is 2.41. The summed E-state index contributed by atoms with van der Waals surface area (Å²) in [5, 5.41) is 9.04. The molecule has 6 heteroatoms. The van der Waals surface area contributed by atoms with Crippen molar-refractivity contribution in [3.8, 4) is 17.4 Å². The van der Waals surface area contributed by atoms with Crippen molar-refractivity contribution in [3.05, 3.63) is 47.9 Å². The molecule has 0 aliphatic heterocycles. The number of aromatic nitrogens is 1. The molecule has 0 unspecified atom stereocenters. The quantitative estimate of drug-likeness (QED) is 0.909. The van der Waals surface area contributed by atoms with E-state index in [1.54, 1.807) is 19.1 Å². The average molecular weight is 277 g/mol. The van der Waals surface area contributed by atoms with Gasteiger partial charge in [-0.15, -0.1) is 0 Å². The Morgan fingerprint density at radius 2 is 2.15 bits per heavy atom. The molecule has 20 heavy (non-hydrogen) atoms. The molecule has 0 saturated heterocycles. The van der Waals surface area contributed by atoms with Crippen LogP contribution in [0.15, 0.2) is 36.5 Å². The fraction of sp³-hybridized carbons (Fsp3) is 0.143. The first-order valence-corrected chi connectivity index (χ1v) is 5.90. The highest BCUT2D eigenvalue weighted by molar-refractivity contribution is 5.91. The average Bonchev–Trinajstić information content (AvgIpc) is 2.43. The van der Waals surface area contributed by atoms with E-state index < -0.39 is 11.8 Å². The van der Waals surface area contributed by atoms with Crippen LogP contribution < -0.4 is 9.47 Å². The van der Waals surface area contributed by atoms with Gasteiger partial charge in [0.05, 0.1) is 6.61 Å². The van der Waals surface area contributed by atoms with Crippen molar-refractivity contribution in [1.29, 1.82) is 0 Å². The second-order valence-corrected chi connectivity index (χ2v) is 3.79. The Morgan fingerprint density at radius 1 is 1.35 bits per heavy atom. The van der Waals surface area contributed by atoms with Crippen molar-refractivity contribution in [3.63, 3.8) is 0 Å². The maximum absolute atomic E-state index is 13.1. The topological polar surface area (TPSA) is 68.7 Å². The number of hydrogen-bond acceptors (Lipinski definition) is 4. The first-order valence-electron chi connectivity index (χ1n) is 5.90. The summed E-state index contributed by atoms with van der Waals surface area (Å²) < 4.78 is 23.8. The van der Waals surface area contributed by atoms with Crippen LogP contribution in [0.3, 0.4) is 0 Å². The fourth-order valence-electron chi connectivity index (χ4n) is 1.58. The Bertz CT molecular complexity index is 630. The second kappa shape index (κ2) is 6.01. The summed E-state index contributed by atoms with van der Waals surface area (Å²) in [5.74, 6) is -1.42. The van der Waals surface area contributed by atoms with E-state index in [-0.39, 0.29) is 17.2 Å². The summed E-state index contributed by atoms with van der Waals surface area (Å²) in [6.07, 6.45) is 1.49. The van der Waals surface area contributed by atoms with E-state index in [4.69, 9.17) is 14.6 Å². The standard InChI is InChI=1S/C14H12FNO4/c1-2-19-12-4-3-7-16-13(12)20-11-6-5-9(15)8-10(11)14(17)18/h3-8H,2H2,1H3,(H,17,18). The molecule has 2 aromatic rings. The van der Waals surface area contributed by atoms with Crippen molar-refractivity contribution in [2.24, 2.45) is 0 Å². The molecule has 0 atom stereocenters. The first-order chi connectivity index (χ1) is 9.61. The molecular weight excluding hydrogens is 265 g/mol. The van der Waals surface area contributed by atoms with E-state index in [1.165, 1.54) is 12.3 Å². The van der Waals surface area contributed by atoms with E-state index >= 15 is 0 Å². The van der Waals surface area contributed by atoms with E-state index in [0.717, 1.165) is 12.1 Å². The van der Waals surface area contributed by atoms with Crippen LogP contribution in [0, 0.1) is 5.82 Å². The Hall–Kier alpha value is -2.63. The van der Waals surface area contributed by atoms with Crippen molar-refractivity contribution in [2.75, 3.05) is 6.61 Å². The monoisotopic (exact) mass is 277 g/mol. The molecule has 1 aromatic carbocycles. The maximum Gasteiger partial charge on any atom is 0.339 e. The highest BCUT2D eigenvalue weighted by atomic mass is 19.1. The lowest BCUT2D eigenvalue weighted by atomic mass is 10.2. The molecule has 0 saturated carbocycles. The number of hydrogen-bond donors (Lipinski definition) is 1. The first kappa shape index (κ1) is 13.8. The van der Waals surface area contributed by atoms with Gasteiger partial charge >= 0.3 is 5.97 Å². The molecule has 0 bridgehead atoms. The number of carboxylic acid groups (broad SMARTS) is 1. The van der Waals surface area contributed by atoms with Crippen molar-refractivity contribution in [1.82, 2.24) is 4.98 Å². The predicted molar refractivity (Wildman–Crippen MR) is 68.8 cm³/mol. The molecular formula is C14H12FNO4. The Morgan fingerprint density at radius 3 is 2.85 bits per heavy atom. The molecule has 0 spiro atoms. The number of carboxylic acids is 1. The summed E-state index contributed by atoms with van der Waals surface area (Å²) in [6.45, 7) is 2.22. The second-order valence-electron chi connectivity index (χ2n) is 3.79. The smallest absolute Gasteiger partial charge is 0.339 e. The SMILES string of the molecule is CCOc1cccnc1Oc1ccc(F)cc1C(=O)O. The zero-order chi connectivity index (χ0) is 14.5. The van der Waals surface area contributed by atoms with Crippen LogP contribution in [-0.2, 0) is 0 Å². The van der Waals surface area contributed by atoms with Crippen LogP contribution in [0.25, 0.3) is 0 Å². The number of carbonyl (C=O) groups is 1. The van der Waals surface area contributed by atoms with Gasteiger partial charge in [0.1, 0.15) is 17.1 Å². The van der Waals surface area contributed by atoms with Gasteiger partial charge in [-0.05, 0) is 37.3 Å². The minimum absolute atomic E-state index is 0.00134. The predicted octanol–water partition coefficient (Wildman–Crippen LogP) is 3.11. The van der Waals surface area contributed by atoms with Gasteiger partial charge in [-0.3, -0.25) is 0 Å². The molecule has 0 aliphatic carbocycles. The van der Waals surface area contributed by atoms with Gasteiger partial charge in [0.2, 0.25) is 0 Å². The number of halogens is 1. The lowest BCUT2D eigenvalue weighted by molar-refractivity contribution is 0.0693. The summed E-state index contributed by atoms with van der Waals surface area (Å²) in [7, 11) is 0. The maximum atomic E-state index is 13.1. The number of rotatable bonds is 5. The zero-order valence-electron chi connectivity index (χ0n) is 10.7. The molecule has 0 aliphatic rings. The van der Waals surface area contributed by atoms with Gasteiger partial charge in [-0.2, -0.15) is 0 Å². The molecule has 104 valence electrons. The molecule has 0 radical (unpaired) electrons. The van der Waals surface area contributed by atoms with Gasteiger partial charge in [-0.1, -0.05) is 0 Å². The molecule has 2 rings (SSSR count). The van der Waals surface area contributed by atoms with Crippen molar-refractivity contribution < 1.29 is 23.8 Å². The lowest BCUT2D eigenvalue weighted by Crippen LogP contribution is -2.02. The lowest BCUT2D eigenvalue weighted by Gasteiger charge is -2.11. The summed E-state index contributed by atoms with van der Waals surface area (Å²) >= 11 is 0. The summed E-state index contributed by atoms with van der Waals surface area (Å²) in [5.41, 5.74) is -0.280. The number of pyridine rings is 1. The van der Waals surface area contributed by atoms with Crippen LogP contribution in [-0.4, -0.2) is 22.7 Å². The normalized spacial score (nSPS) is 10.1. The minimum Gasteiger partial charge on any atom is -0.488 e.